The van der Waals surface area contributed by atoms with Crippen molar-refractivity contribution in [3.63, 3.8) is 0 Å². The van der Waals surface area contributed by atoms with E-state index in [9.17, 15) is 19.8 Å². The zero-order chi connectivity index (χ0) is 13.8. The Morgan fingerprint density at radius 2 is 1.61 bits per heavy atom. The summed E-state index contributed by atoms with van der Waals surface area (Å²) in [5.74, 6) is -2.16. The lowest BCUT2D eigenvalue weighted by Gasteiger charge is -2.56. The van der Waals surface area contributed by atoms with Gasteiger partial charge in [-0.25, -0.2) is 0 Å². The fraction of sp³-hybridized carbons (Fsp3) is 0.857. The normalized spacial score (nSPS) is 42.3. The lowest BCUT2D eigenvalue weighted by molar-refractivity contribution is -0.172. The molecule has 4 heteroatoms. The standard InChI is InChI=1S/C14H22O4/c1-12(2)6-13(3)4-9(10(15)16)5-14(7-12,8-13)11(17)18/h9H,4-8H2,1-3H3,(H,15,16)(H,17,18). The highest BCUT2D eigenvalue weighted by atomic mass is 16.4. The molecule has 102 valence electrons. The highest BCUT2D eigenvalue weighted by Gasteiger charge is 2.58. The fourth-order valence-electron chi connectivity index (χ4n) is 4.92. The molecule has 3 unspecified atom stereocenters. The number of carboxylic acid groups (broad SMARTS) is 2. The van der Waals surface area contributed by atoms with Crippen LogP contribution in [-0.2, 0) is 9.59 Å². The summed E-state index contributed by atoms with van der Waals surface area (Å²) in [5, 5.41) is 18.8. The van der Waals surface area contributed by atoms with E-state index in [1.165, 1.54) is 0 Å². The van der Waals surface area contributed by atoms with Crippen LogP contribution >= 0.6 is 0 Å². The monoisotopic (exact) mass is 254 g/mol. The van der Waals surface area contributed by atoms with Crippen molar-refractivity contribution in [1.29, 1.82) is 0 Å². The molecule has 2 aliphatic rings. The van der Waals surface area contributed by atoms with Gasteiger partial charge in [-0.1, -0.05) is 20.8 Å². The summed E-state index contributed by atoms with van der Waals surface area (Å²) in [5.41, 5.74) is -1.01. The van der Waals surface area contributed by atoms with Crippen LogP contribution in [0.1, 0.15) is 52.9 Å². The van der Waals surface area contributed by atoms with Crippen LogP contribution in [0.5, 0.6) is 0 Å². The molecule has 4 nitrogen and oxygen atoms in total. The van der Waals surface area contributed by atoms with E-state index in [-0.39, 0.29) is 17.3 Å². The molecule has 2 aliphatic carbocycles. The Balaban J connectivity index is 2.41. The van der Waals surface area contributed by atoms with Crippen LogP contribution in [0.25, 0.3) is 0 Å². The molecule has 2 fully saturated rings. The summed E-state index contributed by atoms with van der Waals surface area (Å²) < 4.78 is 0. The third-order valence-corrected chi connectivity index (χ3v) is 4.67. The average Bonchev–Trinajstić information content (AvgIpc) is 2.11. The van der Waals surface area contributed by atoms with E-state index in [1.54, 1.807) is 0 Å². The molecule has 2 rings (SSSR count). The Bertz CT molecular complexity index is 397. The smallest absolute Gasteiger partial charge is 0.309 e. The summed E-state index contributed by atoms with van der Waals surface area (Å²) in [6.07, 6.45) is 3.04. The van der Waals surface area contributed by atoms with Gasteiger partial charge in [0.1, 0.15) is 0 Å². The van der Waals surface area contributed by atoms with Gasteiger partial charge in [-0.3, -0.25) is 9.59 Å². The van der Waals surface area contributed by atoms with Crippen molar-refractivity contribution in [3.8, 4) is 0 Å². The van der Waals surface area contributed by atoms with Gasteiger partial charge in [-0.05, 0) is 42.9 Å². The molecule has 0 saturated heterocycles. The third kappa shape index (κ3) is 2.13. The molecule has 0 amide bonds. The van der Waals surface area contributed by atoms with Crippen LogP contribution in [0.4, 0.5) is 0 Å². The fourth-order valence-corrected chi connectivity index (χ4v) is 4.92. The molecule has 2 bridgehead atoms. The first-order valence-corrected chi connectivity index (χ1v) is 6.54. The first-order chi connectivity index (χ1) is 8.08. The molecule has 2 saturated carbocycles. The number of carboxylic acids is 2. The van der Waals surface area contributed by atoms with Crippen molar-refractivity contribution in [2.45, 2.75) is 52.9 Å². The van der Waals surface area contributed by atoms with Crippen LogP contribution in [0.15, 0.2) is 0 Å². The topological polar surface area (TPSA) is 74.6 Å². The zero-order valence-electron chi connectivity index (χ0n) is 11.3. The van der Waals surface area contributed by atoms with E-state index in [0.29, 0.717) is 19.3 Å². The lowest BCUT2D eigenvalue weighted by Crippen LogP contribution is -2.53. The summed E-state index contributed by atoms with van der Waals surface area (Å²) in [4.78, 5) is 23.0. The maximum atomic E-state index is 11.7. The first kappa shape index (κ1) is 13.4. The first-order valence-electron chi connectivity index (χ1n) is 6.54. The minimum Gasteiger partial charge on any atom is -0.481 e. The van der Waals surface area contributed by atoms with Crippen LogP contribution in [0, 0.1) is 22.2 Å². The van der Waals surface area contributed by atoms with Crippen LogP contribution < -0.4 is 0 Å². The Hall–Kier alpha value is -1.06. The SMILES string of the molecule is CC1(C)CC2(C)CC(C(=O)O)CC(C(=O)O)(C1)C2. The minimum atomic E-state index is -0.841. The largest absolute Gasteiger partial charge is 0.481 e. The van der Waals surface area contributed by atoms with E-state index < -0.39 is 23.3 Å². The molecule has 0 spiro atoms. The number of hydrogen-bond acceptors (Lipinski definition) is 2. The van der Waals surface area contributed by atoms with Gasteiger partial charge in [-0.15, -0.1) is 0 Å². The van der Waals surface area contributed by atoms with Crippen molar-refractivity contribution in [3.05, 3.63) is 0 Å². The minimum absolute atomic E-state index is 0.0190. The average molecular weight is 254 g/mol. The molecule has 0 radical (unpaired) electrons. The summed E-state index contributed by atoms with van der Waals surface area (Å²) in [7, 11) is 0. The highest BCUT2D eigenvalue weighted by Crippen LogP contribution is 2.62. The predicted octanol–water partition coefficient (Wildman–Crippen LogP) is 2.77. The maximum absolute atomic E-state index is 11.7. The van der Waals surface area contributed by atoms with Gasteiger partial charge in [0, 0.05) is 0 Å². The molecule has 0 aromatic heterocycles. The van der Waals surface area contributed by atoms with Crippen molar-refractivity contribution in [2.75, 3.05) is 0 Å². The zero-order valence-corrected chi connectivity index (χ0v) is 11.3. The maximum Gasteiger partial charge on any atom is 0.309 e. The Morgan fingerprint density at radius 3 is 2.11 bits per heavy atom. The van der Waals surface area contributed by atoms with Crippen LogP contribution in [0.2, 0.25) is 0 Å². The van der Waals surface area contributed by atoms with Gasteiger partial charge in [0.05, 0.1) is 11.3 Å². The second-order valence-electron chi connectivity index (χ2n) is 7.53. The molecular weight excluding hydrogens is 232 g/mol. The van der Waals surface area contributed by atoms with Crippen LogP contribution in [0.3, 0.4) is 0 Å². The van der Waals surface area contributed by atoms with Gasteiger partial charge in [0.25, 0.3) is 0 Å². The molecule has 0 aromatic carbocycles. The number of rotatable bonds is 2. The summed E-state index contributed by atoms with van der Waals surface area (Å²) in [6.45, 7) is 6.26. The molecule has 0 aromatic rings. The quantitative estimate of drug-likeness (QED) is 0.794. The van der Waals surface area contributed by atoms with Crippen molar-refractivity contribution < 1.29 is 19.8 Å². The third-order valence-electron chi connectivity index (χ3n) is 4.67. The number of fused-ring (bicyclic) bond motifs is 2. The predicted molar refractivity (Wildman–Crippen MR) is 66.2 cm³/mol. The van der Waals surface area contributed by atoms with Gasteiger partial charge < -0.3 is 10.2 Å². The number of aliphatic carboxylic acids is 2. The second kappa shape index (κ2) is 3.72. The van der Waals surface area contributed by atoms with Gasteiger partial charge >= 0.3 is 11.9 Å². The van der Waals surface area contributed by atoms with E-state index in [1.807, 2.05) is 0 Å². The van der Waals surface area contributed by atoms with Gasteiger partial charge in [0.15, 0.2) is 0 Å². The summed E-state index contributed by atoms with van der Waals surface area (Å²) in [6, 6.07) is 0. The van der Waals surface area contributed by atoms with Crippen molar-refractivity contribution >= 4 is 11.9 Å². The van der Waals surface area contributed by atoms with Gasteiger partial charge in [-0.2, -0.15) is 0 Å². The molecule has 3 atom stereocenters. The van der Waals surface area contributed by atoms with Crippen molar-refractivity contribution in [2.24, 2.45) is 22.2 Å². The lowest BCUT2D eigenvalue weighted by atomic mass is 9.47. The Labute approximate surface area is 107 Å². The molecule has 0 aliphatic heterocycles. The molecule has 0 heterocycles. The Kier molecular flexibility index (Phi) is 2.76. The van der Waals surface area contributed by atoms with E-state index >= 15 is 0 Å². The number of hydrogen-bond donors (Lipinski definition) is 2. The van der Waals surface area contributed by atoms with Crippen molar-refractivity contribution in [1.82, 2.24) is 0 Å². The molecule has 2 N–H and O–H groups in total. The molecule has 18 heavy (non-hydrogen) atoms. The second-order valence-corrected chi connectivity index (χ2v) is 7.53. The van der Waals surface area contributed by atoms with E-state index in [4.69, 9.17) is 0 Å². The van der Waals surface area contributed by atoms with Crippen LogP contribution in [-0.4, -0.2) is 22.2 Å². The number of carbonyl (C=O) groups is 2. The molecular formula is C14H22O4. The van der Waals surface area contributed by atoms with E-state index in [2.05, 4.69) is 20.8 Å². The Morgan fingerprint density at radius 1 is 1.00 bits per heavy atom. The van der Waals surface area contributed by atoms with Gasteiger partial charge in [0.2, 0.25) is 0 Å². The van der Waals surface area contributed by atoms with E-state index in [0.717, 1.165) is 6.42 Å². The highest BCUT2D eigenvalue weighted by molar-refractivity contribution is 5.78. The summed E-state index contributed by atoms with van der Waals surface area (Å²) >= 11 is 0.